The number of alkyl halides is 17. The minimum atomic E-state index is -8.86. The van der Waals surface area contributed by atoms with E-state index < -0.39 is 75.6 Å². The maximum Gasteiger partial charge on any atom is 0.460 e. The molecule has 1 amide bonds. The van der Waals surface area contributed by atoms with Gasteiger partial charge in [-0.2, -0.15) is 74.6 Å². The average Bonchev–Trinajstić information content (AvgIpc) is 2.78. The molecule has 1 aromatic carbocycles. The number of nitro benzene ring substituents is 1. The topological polar surface area (TPSA) is 81.5 Å². The molecule has 230 valence electrons. The van der Waals surface area contributed by atoms with Crippen LogP contribution in [0.5, 0.6) is 5.75 Å². The minimum Gasteiger partial charge on any atom is -0.494 e. The van der Waals surface area contributed by atoms with Crippen LogP contribution in [0.2, 0.25) is 0 Å². The first-order chi connectivity index (χ1) is 17.5. The Balaban J connectivity index is 3.63. The molecule has 0 fully saturated rings. The molecule has 0 atom stereocenters. The molecule has 0 radical (unpaired) electrons. The van der Waals surface area contributed by atoms with Crippen LogP contribution in [0.3, 0.4) is 0 Å². The molecule has 1 aromatic rings. The zero-order valence-electron chi connectivity index (χ0n) is 18.4. The van der Waals surface area contributed by atoms with Crippen LogP contribution >= 0.6 is 0 Å². The fourth-order valence-electron chi connectivity index (χ4n) is 2.53. The molecule has 40 heavy (non-hydrogen) atoms. The molecule has 1 N–H and O–H groups in total. The highest BCUT2D eigenvalue weighted by atomic mass is 19.4. The van der Waals surface area contributed by atoms with Crippen LogP contribution in [-0.2, 0) is 4.79 Å². The Bertz CT molecular complexity index is 1130. The van der Waals surface area contributed by atoms with E-state index >= 15 is 0 Å². The van der Waals surface area contributed by atoms with Crippen LogP contribution in [0.1, 0.15) is 6.92 Å². The van der Waals surface area contributed by atoms with Crippen LogP contribution in [0.25, 0.3) is 0 Å². The number of carbonyl (C=O) groups excluding carboxylic acids is 1. The van der Waals surface area contributed by atoms with E-state index in [1.807, 2.05) is 0 Å². The number of amides is 1. The number of hydrogen-bond acceptors (Lipinski definition) is 4. The third-order valence-corrected chi connectivity index (χ3v) is 4.73. The molecule has 0 aliphatic heterocycles. The average molecular weight is 628 g/mol. The monoisotopic (exact) mass is 628 g/mol. The van der Waals surface area contributed by atoms with Gasteiger partial charge in [-0.1, -0.05) is 0 Å². The van der Waals surface area contributed by atoms with E-state index in [4.69, 9.17) is 4.74 Å². The Hall–Kier alpha value is -3.30. The molecule has 0 heterocycles. The first-order valence-corrected chi connectivity index (χ1v) is 9.44. The van der Waals surface area contributed by atoms with E-state index in [9.17, 15) is 89.5 Å². The maximum absolute atomic E-state index is 14.0. The molecule has 0 aliphatic rings. The van der Waals surface area contributed by atoms with Crippen molar-refractivity contribution in [3.63, 3.8) is 0 Å². The van der Waals surface area contributed by atoms with E-state index in [1.54, 1.807) is 0 Å². The number of carbonyl (C=O) groups is 1. The lowest BCUT2D eigenvalue weighted by molar-refractivity contribution is -0.459. The smallest absolute Gasteiger partial charge is 0.460 e. The first-order valence-electron chi connectivity index (χ1n) is 9.44. The van der Waals surface area contributed by atoms with Crippen molar-refractivity contribution in [3.05, 3.63) is 28.3 Å². The van der Waals surface area contributed by atoms with Gasteiger partial charge in [0.1, 0.15) is 11.4 Å². The van der Waals surface area contributed by atoms with E-state index in [-0.39, 0.29) is 12.7 Å². The SMILES string of the molecule is CCOc1ccc(NC(=O)C(F)(F)C(F)(F)C(F)(F)C(F)(F)C(F)(F)C(F)(F)C(F)(F)C(F)(F)F)c([N+](=O)[O-])c1. The summed E-state index contributed by atoms with van der Waals surface area (Å²) in [6.45, 7) is 1.11. The second kappa shape index (κ2) is 9.96. The quantitative estimate of drug-likeness (QED) is 0.164. The van der Waals surface area contributed by atoms with Crippen LogP contribution in [-0.4, -0.2) is 65.1 Å². The molecule has 0 spiro atoms. The van der Waals surface area contributed by atoms with E-state index in [0.717, 1.165) is 0 Å². The van der Waals surface area contributed by atoms with Gasteiger partial charge in [0.15, 0.2) is 0 Å². The Labute approximate surface area is 208 Å². The summed E-state index contributed by atoms with van der Waals surface area (Å²) in [6, 6.07) is 1.16. The Morgan fingerprint density at radius 2 is 1.15 bits per heavy atom. The van der Waals surface area contributed by atoms with Gasteiger partial charge in [0.05, 0.1) is 17.6 Å². The van der Waals surface area contributed by atoms with Crippen molar-refractivity contribution in [2.24, 2.45) is 0 Å². The third kappa shape index (κ3) is 4.90. The van der Waals surface area contributed by atoms with Crippen molar-refractivity contribution in [1.29, 1.82) is 0 Å². The lowest BCUT2D eigenvalue weighted by Crippen LogP contribution is -2.75. The number of benzene rings is 1. The van der Waals surface area contributed by atoms with E-state index in [2.05, 4.69) is 0 Å². The number of rotatable bonds is 11. The standard InChI is InChI=1S/C17H9F17N2O4/c1-2-40-6-3-4-7(8(5-6)36(38)39)35-9(37)10(18,19)11(20,21)12(22,23)13(24,25)14(26,27)15(28,29)16(30,31)17(32,33)34/h3-5H,2H2,1H3,(H,35,37). The molecular weight excluding hydrogens is 619 g/mol. The lowest BCUT2D eigenvalue weighted by atomic mass is 9.88. The number of ether oxygens (including phenoxy) is 1. The fourth-order valence-corrected chi connectivity index (χ4v) is 2.53. The highest BCUT2D eigenvalue weighted by molar-refractivity contribution is 5.98. The molecule has 0 bridgehead atoms. The predicted molar refractivity (Wildman–Crippen MR) is 93.6 cm³/mol. The molecule has 23 heteroatoms. The zero-order chi connectivity index (χ0) is 32.1. The summed E-state index contributed by atoms with van der Waals surface area (Å²) in [5, 5.41) is 11.5. The number of nitrogens with zero attached hydrogens (tertiary/aromatic N) is 1. The Morgan fingerprint density at radius 1 is 0.750 bits per heavy atom. The number of hydrogen-bond donors (Lipinski definition) is 1. The van der Waals surface area contributed by atoms with Gasteiger partial charge in [-0.3, -0.25) is 14.9 Å². The van der Waals surface area contributed by atoms with Crippen molar-refractivity contribution < 1.29 is 89.1 Å². The van der Waals surface area contributed by atoms with Crippen molar-refractivity contribution in [1.82, 2.24) is 0 Å². The summed E-state index contributed by atoms with van der Waals surface area (Å²) in [7, 11) is 0. The van der Waals surface area contributed by atoms with Crippen molar-refractivity contribution in [3.8, 4) is 5.75 Å². The summed E-state index contributed by atoms with van der Waals surface area (Å²) >= 11 is 0. The molecule has 6 nitrogen and oxygen atoms in total. The minimum absolute atomic E-state index is 0.199. The molecule has 1 rings (SSSR count). The van der Waals surface area contributed by atoms with Gasteiger partial charge in [-0.25, -0.2) is 0 Å². The van der Waals surface area contributed by atoms with Crippen LogP contribution in [0, 0.1) is 10.1 Å². The lowest BCUT2D eigenvalue weighted by Gasteiger charge is -2.42. The molecule has 0 aliphatic carbocycles. The molecule has 0 saturated carbocycles. The number of anilines is 1. The maximum atomic E-state index is 14.0. The van der Waals surface area contributed by atoms with Crippen LogP contribution in [0.15, 0.2) is 18.2 Å². The Kier molecular flexibility index (Phi) is 8.65. The van der Waals surface area contributed by atoms with E-state index in [0.29, 0.717) is 17.4 Å². The third-order valence-electron chi connectivity index (χ3n) is 4.73. The highest BCUT2D eigenvalue weighted by Gasteiger charge is 2.95. The fraction of sp³-hybridized carbons (Fsp3) is 0.588. The van der Waals surface area contributed by atoms with Crippen LogP contribution in [0.4, 0.5) is 86.0 Å². The largest absolute Gasteiger partial charge is 0.494 e. The van der Waals surface area contributed by atoms with Crippen LogP contribution < -0.4 is 10.1 Å². The highest BCUT2D eigenvalue weighted by Crippen LogP contribution is 2.64. The van der Waals surface area contributed by atoms with E-state index in [1.165, 1.54) is 6.92 Å². The van der Waals surface area contributed by atoms with Gasteiger partial charge >= 0.3 is 53.5 Å². The summed E-state index contributed by atoms with van der Waals surface area (Å²) < 4.78 is 231. The predicted octanol–water partition coefficient (Wildman–Crippen LogP) is 6.94. The van der Waals surface area contributed by atoms with Gasteiger partial charge < -0.3 is 10.1 Å². The first kappa shape index (κ1) is 34.7. The number of halogens is 17. The summed E-state index contributed by atoms with van der Waals surface area (Å²) in [4.78, 5) is 21.1. The Morgan fingerprint density at radius 3 is 1.52 bits per heavy atom. The zero-order valence-corrected chi connectivity index (χ0v) is 18.4. The van der Waals surface area contributed by atoms with Gasteiger partial charge in [0.25, 0.3) is 5.69 Å². The van der Waals surface area contributed by atoms with Crippen molar-refractivity contribution >= 4 is 17.3 Å². The molecule has 0 aromatic heterocycles. The summed E-state index contributed by atoms with van der Waals surface area (Å²) in [5.41, 5.74) is -3.07. The van der Waals surface area contributed by atoms with Gasteiger partial charge in [-0.15, -0.1) is 0 Å². The van der Waals surface area contributed by atoms with Gasteiger partial charge in [-0.05, 0) is 19.1 Å². The van der Waals surface area contributed by atoms with Crippen molar-refractivity contribution in [2.45, 2.75) is 54.6 Å². The number of nitrogens with one attached hydrogen (secondary N) is 1. The van der Waals surface area contributed by atoms with Gasteiger partial charge in [0.2, 0.25) is 0 Å². The number of nitro groups is 1. The summed E-state index contributed by atoms with van der Waals surface area (Å²) in [5.74, 6) is -63.5. The van der Waals surface area contributed by atoms with Gasteiger partial charge in [0, 0.05) is 0 Å². The molecular formula is C17H9F17N2O4. The molecule has 0 unspecified atom stereocenters. The molecule has 0 saturated heterocycles. The second-order valence-electron chi connectivity index (χ2n) is 7.34. The van der Waals surface area contributed by atoms with Crippen molar-refractivity contribution in [2.75, 3.05) is 11.9 Å². The summed E-state index contributed by atoms with van der Waals surface area (Å²) in [6.07, 6.45) is -7.90. The second-order valence-corrected chi connectivity index (χ2v) is 7.34. The normalized spacial score (nSPS) is 14.7.